The van der Waals surface area contributed by atoms with Crippen molar-refractivity contribution in [2.45, 2.75) is 44.6 Å². The highest BCUT2D eigenvalue weighted by Crippen LogP contribution is 2.44. The Kier molecular flexibility index (Phi) is 3.82. The van der Waals surface area contributed by atoms with Crippen LogP contribution in [0.1, 0.15) is 38.5 Å². The average molecular weight is 197 g/mol. The molecule has 0 aromatic rings. The zero-order valence-electron chi connectivity index (χ0n) is 9.30. The summed E-state index contributed by atoms with van der Waals surface area (Å²) >= 11 is 0. The van der Waals surface area contributed by atoms with E-state index in [0.717, 1.165) is 24.5 Å². The highest BCUT2D eigenvalue weighted by atomic mass is 16.5. The van der Waals surface area contributed by atoms with E-state index in [9.17, 15) is 0 Å². The van der Waals surface area contributed by atoms with E-state index in [0.29, 0.717) is 0 Å². The van der Waals surface area contributed by atoms with Crippen molar-refractivity contribution in [1.82, 2.24) is 5.32 Å². The van der Waals surface area contributed by atoms with Crippen LogP contribution in [0.25, 0.3) is 0 Å². The topological polar surface area (TPSA) is 21.3 Å². The SMILES string of the molecule is COCCCCN[C@@H]1C[C@H]2CC[C@@H]1C2. The summed E-state index contributed by atoms with van der Waals surface area (Å²) in [5, 5.41) is 3.72. The summed E-state index contributed by atoms with van der Waals surface area (Å²) in [6.07, 6.45) is 8.42. The third kappa shape index (κ3) is 2.48. The summed E-state index contributed by atoms with van der Waals surface area (Å²) in [6, 6.07) is 0.858. The van der Waals surface area contributed by atoms with Gasteiger partial charge in [-0.05, 0) is 50.5 Å². The monoisotopic (exact) mass is 197 g/mol. The standard InChI is InChI=1S/C12H23NO/c1-14-7-3-2-6-13-12-9-10-4-5-11(12)8-10/h10-13H,2-9H2,1H3/t10-,11+,12+/m0/s1. The van der Waals surface area contributed by atoms with Crippen LogP contribution in [0.15, 0.2) is 0 Å². The van der Waals surface area contributed by atoms with Gasteiger partial charge in [-0.15, -0.1) is 0 Å². The Labute approximate surface area is 87.4 Å². The van der Waals surface area contributed by atoms with Crippen LogP contribution in [-0.2, 0) is 4.74 Å². The second kappa shape index (κ2) is 5.13. The largest absolute Gasteiger partial charge is 0.385 e. The molecule has 0 aromatic heterocycles. The lowest BCUT2D eigenvalue weighted by molar-refractivity contribution is 0.191. The minimum absolute atomic E-state index is 0.858. The quantitative estimate of drug-likeness (QED) is 0.659. The minimum atomic E-state index is 0.858. The molecule has 0 amide bonds. The highest BCUT2D eigenvalue weighted by Gasteiger charge is 2.38. The van der Waals surface area contributed by atoms with Crippen molar-refractivity contribution in [3.05, 3.63) is 0 Å². The maximum Gasteiger partial charge on any atom is 0.0462 e. The van der Waals surface area contributed by atoms with E-state index in [4.69, 9.17) is 4.74 Å². The van der Waals surface area contributed by atoms with Gasteiger partial charge in [0.05, 0.1) is 0 Å². The Morgan fingerprint density at radius 2 is 2.14 bits per heavy atom. The number of unbranched alkanes of at least 4 members (excludes halogenated alkanes) is 1. The molecule has 0 aromatic carbocycles. The molecule has 0 unspecified atom stereocenters. The fourth-order valence-electron chi connectivity index (χ4n) is 3.15. The van der Waals surface area contributed by atoms with Crippen molar-refractivity contribution in [2.24, 2.45) is 11.8 Å². The molecule has 2 heteroatoms. The van der Waals surface area contributed by atoms with Crippen LogP contribution in [0.2, 0.25) is 0 Å². The van der Waals surface area contributed by atoms with Crippen molar-refractivity contribution in [1.29, 1.82) is 0 Å². The van der Waals surface area contributed by atoms with Crippen LogP contribution in [-0.4, -0.2) is 26.3 Å². The number of nitrogens with one attached hydrogen (secondary N) is 1. The number of hydrogen-bond acceptors (Lipinski definition) is 2. The summed E-state index contributed by atoms with van der Waals surface area (Å²) < 4.78 is 5.04. The molecule has 1 N–H and O–H groups in total. The molecule has 0 heterocycles. The normalized spacial score (nSPS) is 35.4. The van der Waals surface area contributed by atoms with Crippen LogP contribution >= 0.6 is 0 Å². The van der Waals surface area contributed by atoms with Gasteiger partial charge >= 0.3 is 0 Å². The fourth-order valence-corrected chi connectivity index (χ4v) is 3.15. The maximum absolute atomic E-state index is 5.04. The summed E-state index contributed by atoms with van der Waals surface area (Å²) in [5.41, 5.74) is 0. The van der Waals surface area contributed by atoms with Crippen LogP contribution in [0.5, 0.6) is 0 Å². The summed E-state index contributed by atoms with van der Waals surface area (Å²) in [4.78, 5) is 0. The van der Waals surface area contributed by atoms with Gasteiger partial charge < -0.3 is 10.1 Å². The van der Waals surface area contributed by atoms with Crippen molar-refractivity contribution in [2.75, 3.05) is 20.3 Å². The van der Waals surface area contributed by atoms with E-state index in [1.165, 1.54) is 45.1 Å². The molecule has 3 atom stereocenters. The van der Waals surface area contributed by atoms with Crippen LogP contribution in [0, 0.1) is 11.8 Å². The predicted octanol–water partition coefficient (Wildman–Crippen LogP) is 2.19. The molecule has 82 valence electrons. The Hall–Kier alpha value is -0.0800. The zero-order chi connectivity index (χ0) is 9.80. The second-order valence-electron chi connectivity index (χ2n) is 4.94. The van der Waals surface area contributed by atoms with E-state index >= 15 is 0 Å². The molecule has 2 fully saturated rings. The number of methoxy groups -OCH3 is 1. The van der Waals surface area contributed by atoms with E-state index in [2.05, 4.69) is 5.32 Å². The second-order valence-corrected chi connectivity index (χ2v) is 4.94. The molecule has 0 aliphatic heterocycles. The lowest BCUT2D eigenvalue weighted by Crippen LogP contribution is -2.34. The van der Waals surface area contributed by atoms with Gasteiger partial charge in [0.15, 0.2) is 0 Å². The molecule has 2 nitrogen and oxygen atoms in total. The highest BCUT2D eigenvalue weighted by molar-refractivity contribution is 4.93. The third-order valence-corrected chi connectivity index (χ3v) is 3.92. The minimum Gasteiger partial charge on any atom is -0.385 e. The Morgan fingerprint density at radius 1 is 1.21 bits per heavy atom. The molecule has 14 heavy (non-hydrogen) atoms. The fraction of sp³-hybridized carbons (Fsp3) is 1.00. The lowest BCUT2D eigenvalue weighted by atomic mass is 9.95. The van der Waals surface area contributed by atoms with E-state index < -0.39 is 0 Å². The van der Waals surface area contributed by atoms with E-state index in [1.807, 2.05) is 0 Å². The van der Waals surface area contributed by atoms with Crippen LogP contribution in [0.3, 0.4) is 0 Å². The molecular formula is C12H23NO. The van der Waals surface area contributed by atoms with Crippen LogP contribution in [0.4, 0.5) is 0 Å². The lowest BCUT2D eigenvalue weighted by Gasteiger charge is -2.22. The van der Waals surface area contributed by atoms with Crippen molar-refractivity contribution in [3.63, 3.8) is 0 Å². The molecule has 0 saturated heterocycles. The molecular weight excluding hydrogens is 174 g/mol. The molecule has 2 aliphatic rings. The van der Waals surface area contributed by atoms with Crippen molar-refractivity contribution < 1.29 is 4.74 Å². The maximum atomic E-state index is 5.04. The van der Waals surface area contributed by atoms with Crippen LogP contribution < -0.4 is 5.32 Å². The molecule has 0 spiro atoms. The number of rotatable bonds is 6. The molecule has 2 rings (SSSR count). The van der Waals surface area contributed by atoms with Gasteiger partial charge in [-0.1, -0.05) is 6.42 Å². The average Bonchev–Trinajstić information content (AvgIpc) is 2.79. The van der Waals surface area contributed by atoms with Gasteiger partial charge in [-0.25, -0.2) is 0 Å². The molecule has 2 bridgehead atoms. The Bertz CT molecular complexity index is 172. The number of fused-ring (bicyclic) bond motifs is 2. The first kappa shape index (κ1) is 10.4. The summed E-state index contributed by atoms with van der Waals surface area (Å²) in [7, 11) is 1.78. The van der Waals surface area contributed by atoms with Gasteiger partial charge in [0, 0.05) is 19.8 Å². The van der Waals surface area contributed by atoms with Gasteiger partial charge in [0.25, 0.3) is 0 Å². The first-order chi connectivity index (χ1) is 6.90. The van der Waals surface area contributed by atoms with Gasteiger partial charge in [0.1, 0.15) is 0 Å². The van der Waals surface area contributed by atoms with Crippen molar-refractivity contribution in [3.8, 4) is 0 Å². The van der Waals surface area contributed by atoms with Crippen molar-refractivity contribution >= 4 is 0 Å². The first-order valence-electron chi connectivity index (χ1n) is 6.12. The van der Waals surface area contributed by atoms with Gasteiger partial charge in [0.2, 0.25) is 0 Å². The van der Waals surface area contributed by atoms with E-state index in [-0.39, 0.29) is 0 Å². The summed E-state index contributed by atoms with van der Waals surface area (Å²) in [5.74, 6) is 2.08. The van der Waals surface area contributed by atoms with E-state index in [1.54, 1.807) is 7.11 Å². The first-order valence-corrected chi connectivity index (χ1v) is 6.12. The van der Waals surface area contributed by atoms with Gasteiger partial charge in [-0.3, -0.25) is 0 Å². The third-order valence-electron chi connectivity index (χ3n) is 3.92. The number of hydrogen-bond donors (Lipinski definition) is 1. The van der Waals surface area contributed by atoms with Gasteiger partial charge in [-0.2, -0.15) is 0 Å². The molecule has 2 aliphatic carbocycles. The molecule has 2 saturated carbocycles. The Morgan fingerprint density at radius 3 is 2.79 bits per heavy atom. The summed E-state index contributed by atoms with van der Waals surface area (Å²) in [6.45, 7) is 2.11. The number of ether oxygens (including phenoxy) is 1. The Balaban J connectivity index is 1.54. The smallest absolute Gasteiger partial charge is 0.0462 e. The molecule has 0 radical (unpaired) electrons. The zero-order valence-corrected chi connectivity index (χ0v) is 9.30. The predicted molar refractivity (Wildman–Crippen MR) is 58.3 cm³/mol.